The Kier molecular flexibility index (Phi) is 22.2. The number of amides is 1. The lowest BCUT2D eigenvalue weighted by molar-refractivity contribution is -0.109. The molecule has 0 bridgehead atoms. The molecule has 9 nitrogen and oxygen atoms in total. The summed E-state index contributed by atoms with van der Waals surface area (Å²) in [4.78, 5) is 24.0. The van der Waals surface area contributed by atoms with Crippen LogP contribution in [0.2, 0.25) is 0 Å². The first-order valence-electron chi connectivity index (χ1n) is 13.1. The molecular formula is C28H48FN5O4. The SMILES string of the molecule is C=CC(=O)/C(CC(=C)/C=C\C=C(/C)NC(=O)OCC1(F)CCOCC1)=N\NC/C=N\N(C)CC.CC.CC. The zero-order chi connectivity index (χ0) is 29.4. The van der Waals surface area contributed by atoms with Gasteiger partial charge in [-0.05, 0) is 31.6 Å². The average Bonchev–Trinajstić information content (AvgIpc) is 2.93. The number of carbonyl (C=O) groups excluding carboxylic acids is 2. The number of carbonyl (C=O) groups is 2. The van der Waals surface area contributed by atoms with E-state index in [4.69, 9.17) is 9.47 Å². The number of rotatable bonds is 14. The molecule has 0 aromatic heterocycles. The number of halogens is 1. The third kappa shape index (κ3) is 18.0. The molecular weight excluding hydrogens is 489 g/mol. The molecule has 1 aliphatic heterocycles. The Balaban J connectivity index is 0. The number of nitrogens with zero attached hydrogens (tertiary/aromatic N) is 3. The van der Waals surface area contributed by atoms with E-state index >= 15 is 0 Å². The second-order valence-electron chi connectivity index (χ2n) is 7.77. The lowest BCUT2D eigenvalue weighted by atomic mass is 9.98. The van der Waals surface area contributed by atoms with Crippen molar-refractivity contribution >= 4 is 23.8 Å². The molecule has 0 radical (unpaired) electrons. The molecule has 0 atom stereocenters. The Hall–Kier alpha value is -3.27. The molecule has 216 valence electrons. The molecule has 38 heavy (non-hydrogen) atoms. The molecule has 1 fully saturated rings. The van der Waals surface area contributed by atoms with E-state index in [9.17, 15) is 14.0 Å². The third-order valence-corrected chi connectivity index (χ3v) is 4.83. The molecule has 0 saturated carbocycles. The Morgan fingerprint density at radius 2 is 1.84 bits per heavy atom. The number of hydrogen-bond acceptors (Lipinski definition) is 8. The molecule has 0 unspecified atom stereocenters. The lowest BCUT2D eigenvalue weighted by Crippen LogP contribution is -2.38. The van der Waals surface area contributed by atoms with E-state index in [1.165, 1.54) is 6.08 Å². The molecule has 1 heterocycles. The summed E-state index contributed by atoms with van der Waals surface area (Å²) in [5.41, 5.74) is 2.64. The van der Waals surface area contributed by atoms with Gasteiger partial charge in [-0.25, -0.2) is 9.18 Å². The van der Waals surface area contributed by atoms with Gasteiger partial charge in [0, 0.05) is 58.0 Å². The van der Waals surface area contributed by atoms with Crippen molar-refractivity contribution < 1.29 is 23.5 Å². The third-order valence-electron chi connectivity index (χ3n) is 4.83. The fourth-order valence-electron chi connectivity index (χ4n) is 2.66. The molecule has 1 aliphatic rings. The molecule has 0 aromatic rings. The van der Waals surface area contributed by atoms with Crippen molar-refractivity contribution in [1.82, 2.24) is 15.8 Å². The highest BCUT2D eigenvalue weighted by Gasteiger charge is 2.33. The minimum atomic E-state index is -1.54. The Labute approximate surface area is 228 Å². The zero-order valence-corrected chi connectivity index (χ0v) is 24.3. The fourth-order valence-corrected chi connectivity index (χ4v) is 2.66. The minimum absolute atomic E-state index is 0.207. The molecule has 0 spiro atoms. The maximum Gasteiger partial charge on any atom is 0.411 e. The van der Waals surface area contributed by atoms with Crippen molar-refractivity contribution in [2.75, 3.05) is 40.0 Å². The normalized spacial score (nSPS) is 14.9. The number of hydrogen-bond donors (Lipinski definition) is 2. The van der Waals surface area contributed by atoms with Crippen LogP contribution in [0.4, 0.5) is 9.18 Å². The first-order chi connectivity index (χ1) is 18.2. The number of alkyl carbamates (subject to hydrolysis) is 1. The van der Waals surface area contributed by atoms with E-state index in [0.717, 1.165) is 6.54 Å². The van der Waals surface area contributed by atoms with Crippen LogP contribution in [0, 0.1) is 0 Å². The van der Waals surface area contributed by atoms with Crippen LogP contribution in [-0.4, -0.2) is 74.4 Å². The standard InChI is InChI=1S/C24H36FN5O4.2C2H6/c1-6-22(31)21(29-26-13-14-27-30(5)7-2)17-19(3)9-8-10-20(4)28-23(32)34-18-24(25)11-15-33-16-12-24;2*1-2/h6,8-10,14,26H,1,3,7,11-13,15-18H2,2,4-5H3,(H,28,32);2*1-2H3/b9-8-,20-10+,27-14-,29-21-;;. The van der Waals surface area contributed by atoms with E-state index in [-0.39, 0.29) is 37.4 Å². The summed E-state index contributed by atoms with van der Waals surface area (Å²) >= 11 is 0. The molecule has 1 amide bonds. The van der Waals surface area contributed by atoms with Crippen LogP contribution in [0.1, 0.15) is 60.8 Å². The second kappa shape index (κ2) is 22.9. The lowest BCUT2D eigenvalue weighted by Gasteiger charge is -2.28. The van der Waals surface area contributed by atoms with Crippen molar-refractivity contribution in [3.63, 3.8) is 0 Å². The number of allylic oxidation sites excluding steroid dienone is 6. The van der Waals surface area contributed by atoms with Crippen molar-refractivity contribution in [3.8, 4) is 0 Å². The van der Waals surface area contributed by atoms with Gasteiger partial charge in [0.05, 0.1) is 6.54 Å². The van der Waals surface area contributed by atoms with Gasteiger partial charge in [-0.15, -0.1) is 0 Å². The van der Waals surface area contributed by atoms with Crippen LogP contribution in [0.3, 0.4) is 0 Å². The van der Waals surface area contributed by atoms with Gasteiger partial charge >= 0.3 is 6.09 Å². The number of ketones is 1. The van der Waals surface area contributed by atoms with Crippen LogP contribution in [0.15, 0.2) is 58.9 Å². The molecule has 0 aromatic carbocycles. The summed E-state index contributed by atoms with van der Waals surface area (Å²) in [5.74, 6) is -0.309. The van der Waals surface area contributed by atoms with Gasteiger partial charge in [0.15, 0.2) is 0 Å². The van der Waals surface area contributed by atoms with Crippen molar-refractivity contribution in [3.05, 3.63) is 48.7 Å². The van der Waals surface area contributed by atoms with Gasteiger partial charge in [0.2, 0.25) is 5.78 Å². The van der Waals surface area contributed by atoms with Gasteiger partial charge in [-0.1, -0.05) is 53.0 Å². The van der Waals surface area contributed by atoms with E-state index < -0.39 is 11.8 Å². The first kappa shape index (κ1) is 36.9. The average molecular weight is 538 g/mol. The van der Waals surface area contributed by atoms with Gasteiger partial charge < -0.3 is 19.9 Å². The predicted octanol–water partition coefficient (Wildman–Crippen LogP) is 5.33. The minimum Gasteiger partial charge on any atom is -0.446 e. The number of nitrogens with one attached hydrogen (secondary N) is 2. The number of hydrazone groups is 2. The van der Waals surface area contributed by atoms with Crippen molar-refractivity contribution in [2.45, 2.75) is 66.5 Å². The van der Waals surface area contributed by atoms with Crippen LogP contribution < -0.4 is 10.7 Å². The van der Waals surface area contributed by atoms with E-state index in [1.54, 1.807) is 36.4 Å². The van der Waals surface area contributed by atoms with Gasteiger partial charge in [0.1, 0.15) is 18.0 Å². The quantitative estimate of drug-likeness (QED) is 0.102. The van der Waals surface area contributed by atoms with E-state index in [0.29, 0.717) is 31.0 Å². The topological polar surface area (TPSA) is 105 Å². The fraction of sp³-hybridized carbons (Fsp3) is 0.571. The molecule has 2 N–H and O–H groups in total. The maximum atomic E-state index is 14.4. The van der Waals surface area contributed by atoms with Gasteiger partial charge in [0.25, 0.3) is 0 Å². The predicted molar refractivity (Wildman–Crippen MR) is 155 cm³/mol. The van der Waals surface area contributed by atoms with Crippen LogP contribution >= 0.6 is 0 Å². The summed E-state index contributed by atoms with van der Waals surface area (Å²) in [5, 5.41) is 12.6. The summed E-state index contributed by atoms with van der Waals surface area (Å²) < 4.78 is 24.6. The Bertz CT molecular complexity index is 831. The highest BCUT2D eigenvalue weighted by atomic mass is 19.1. The summed E-state index contributed by atoms with van der Waals surface area (Å²) in [6.45, 7) is 20.6. The van der Waals surface area contributed by atoms with Crippen molar-refractivity contribution in [1.29, 1.82) is 0 Å². The molecule has 1 rings (SSSR count). The molecule has 10 heteroatoms. The first-order valence-corrected chi connectivity index (χ1v) is 13.1. The summed E-state index contributed by atoms with van der Waals surface area (Å²) in [6.07, 6.45) is 7.75. The Morgan fingerprint density at radius 1 is 1.21 bits per heavy atom. The smallest absolute Gasteiger partial charge is 0.411 e. The second-order valence-corrected chi connectivity index (χ2v) is 7.77. The van der Waals surface area contributed by atoms with Crippen LogP contribution in [-0.2, 0) is 14.3 Å². The zero-order valence-electron chi connectivity index (χ0n) is 24.3. The molecule has 0 aliphatic carbocycles. The van der Waals surface area contributed by atoms with Crippen LogP contribution in [0.5, 0.6) is 0 Å². The van der Waals surface area contributed by atoms with Gasteiger partial charge in [-0.2, -0.15) is 10.2 Å². The van der Waals surface area contributed by atoms with E-state index in [2.05, 4.69) is 34.1 Å². The summed E-state index contributed by atoms with van der Waals surface area (Å²) in [7, 11) is 1.85. The van der Waals surface area contributed by atoms with Crippen molar-refractivity contribution in [2.24, 2.45) is 10.2 Å². The highest BCUT2D eigenvalue weighted by molar-refractivity contribution is 6.44. The number of alkyl halides is 1. The highest BCUT2D eigenvalue weighted by Crippen LogP contribution is 2.25. The van der Waals surface area contributed by atoms with Crippen LogP contribution in [0.25, 0.3) is 0 Å². The Morgan fingerprint density at radius 3 is 2.42 bits per heavy atom. The number of ether oxygens (including phenoxy) is 2. The van der Waals surface area contributed by atoms with E-state index in [1.807, 2.05) is 41.7 Å². The largest absolute Gasteiger partial charge is 0.446 e. The summed E-state index contributed by atoms with van der Waals surface area (Å²) in [6, 6.07) is 0. The maximum absolute atomic E-state index is 14.4. The van der Waals surface area contributed by atoms with Gasteiger partial charge in [-0.3, -0.25) is 10.1 Å². The monoisotopic (exact) mass is 537 g/mol. The molecule has 1 saturated heterocycles.